The van der Waals surface area contributed by atoms with Gasteiger partial charge < -0.3 is 15.8 Å². The number of pyridine rings is 1. The molecule has 5 heteroatoms. The molecule has 2 rings (SSSR count). The molecule has 0 amide bonds. The zero-order valence-electron chi connectivity index (χ0n) is 8.31. The Morgan fingerprint density at radius 2 is 2.06 bits per heavy atom. The van der Waals surface area contributed by atoms with Crippen molar-refractivity contribution in [1.82, 2.24) is 4.98 Å². The number of nitrogens with two attached hydrogens (primary N) is 1. The lowest BCUT2D eigenvalue weighted by molar-refractivity contribution is -0.138. The molecular formula is C11H10N2O3. The average molecular weight is 218 g/mol. The monoisotopic (exact) mass is 218 g/mol. The number of nitrogens with one attached hydrogen (secondary N) is 1. The SMILES string of the molecule is NC(C(=O)O)c1c[nH]c2ccccc2c1=O. The summed E-state index contributed by atoms with van der Waals surface area (Å²) in [6.45, 7) is 0. The van der Waals surface area contributed by atoms with Gasteiger partial charge in [-0.1, -0.05) is 12.1 Å². The Morgan fingerprint density at radius 3 is 2.75 bits per heavy atom. The van der Waals surface area contributed by atoms with Crippen LogP contribution in [0, 0.1) is 0 Å². The van der Waals surface area contributed by atoms with Gasteiger partial charge in [0.15, 0.2) is 5.43 Å². The van der Waals surface area contributed by atoms with Gasteiger partial charge in [-0.25, -0.2) is 0 Å². The van der Waals surface area contributed by atoms with Gasteiger partial charge in [0.05, 0.1) is 0 Å². The lowest BCUT2D eigenvalue weighted by Crippen LogP contribution is -2.27. The summed E-state index contributed by atoms with van der Waals surface area (Å²) in [4.78, 5) is 25.5. The summed E-state index contributed by atoms with van der Waals surface area (Å²) >= 11 is 0. The van der Waals surface area contributed by atoms with Gasteiger partial charge in [0.2, 0.25) is 0 Å². The molecule has 1 aromatic heterocycles. The van der Waals surface area contributed by atoms with Crippen molar-refractivity contribution in [3.8, 4) is 0 Å². The lowest BCUT2D eigenvalue weighted by atomic mass is 10.1. The van der Waals surface area contributed by atoms with Crippen LogP contribution in [0.25, 0.3) is 10.9 Å². The highest BCUT2D eigenvalue weighted by Crippen LogP contribution is 2.10. The van der Waals surface area contributed by atoms with E-state index >= 15 is 0 Å². The van der Waals surface area contributed by atoms with Crippen molar-refractivity contribution in [1.29, 1.82) is 0 Å². The van der Waals surface area contributed by atoms with Crippen LogP contribution in [0.4, 0.5) is 0 Å². The summed E-state index contributed by atoms with van der Waals surface area (Å²) < 4.78 is 0. The van der Waals surface area contributed by atoms with Gasteiger partial charge >= 0.3 is 5.97 Å². The molecule has 0 radical (unpaired) electrons. The predicted octanol–water partition coefficient (Wildman–Crippen LogP) is 0.612. The van der Waals surface area contributed by atoms with Crippen molar-refractivity contribution in [2.24, 2.45) is 5.73 Å². The van der Waals surface area contributed by atoms with Crippen LogP contribution in [0.3, 0.4) is 0 Å². The van der Waals surface area contributed by atoms with E-state index in [0.717, 1.165) is 0 Å². The molecule has 0 aliphatic carbocycles. The highest BCUT2D eigenvalue weighted by Gasteiger charge is 2.18. The molecule has 0 saturated carbocycles. The molecule has 5 nitrogen and oxygen atoms in total. The zero-order chi connectivity index (χ0) is 11.7. The lowest BCUT2D eigenvalue weighted by Gasteiger charge is -2.06. The Kier molecular flexibility index (Phi) is 2.46. The average Bonchev–Trinajstić information content (AvgIpc) is 2.29. The van der Waals surface area contributed by atoms with Gasteiger partial charge in [-0.3, -0.25) is 9.59 Å². The number of rotatable bonds is 2. The van der Waals surface area contributed by atoms with E-state index in [4.69, 9.17) is 10.8 Å². The van der Waals surface area contributed by atoms with Crippen molar-refractivity contribution >= 4 is 16.9 Å². The molecule has 0 aliphatic heterocycles. The molecular weight excluding hydrogens is 208 g/mol. The van der Waals surface area contributed by atoms with Crippen LogP contribution < -0.4 is 11.2 Å². The van der Waals surface area contributed by atoms with Gasteiger partial charge in [0.1, 0.15) is 6.04 Å². The highest BCUT2D eigenvalue weighted by molar-refractivity contribution is 5.81. The first kappa shape index (κ1) is 10.4. The van der Waals surface area contributed by atoms with Crippen LogP contribution in [-0.2, 0) is 4.79 Å². The second kappa shape index (κ2) is 3.79. The third kappa shape index (κ3) is 1.57. The van der Waals surface area contributed by atoms with Crippen LogP contribution in [0.1, 0.15) is 11.6 Å². The first-order valence-electron chi connectivity index (χ1n) is 4.70. The van der Waals surface area contributed by atoms with E-state index in [1.807, 2.05) is 0 Å². The van der Waals surface area contributed by atoms with E-state index in [1.54, 1.807) is 24.3 Å². The van der Waals surface area contributed by atoms with Crippen LogP contribution in [0.15, 0.2) is 35.3 Å². The van der Waals surface area contributed by atoms with Crippen molar-refractivity contribution in [2.75, 3.05) is 0 Å². The Morgan fingerprint density at radius 1 is 1.38 bits per heavy atom. The second-order valence-electron chi connectivity index (χ2n) is 3.43. The van der Waals surface area contributed by atoms with E-state index < -0.39 is 12.0 Å². The van der Waals surface area contributed by atoms with Crippen LogP contribution >= 0.6 is 0 Å². The van der Waals surface area contributed by atoms with Gasteiger partial charge in [-0.15, -0.1) is 0 Å². The Bertz CT molecular complexity index is 603. The summed E-state index contributed by atoms with van der Waals surface area (Å²) in [6.07, 6.45) is 1.35. The number of carboxylic acid groups (broad SMARTS) is 1. The number of carbonyl (C=O) groups is 1. The standard InChI is InChI=1S/C11H10N2O3/c12-9(11(15)16)7-5-13-8-4-2-1-3-6(8)10(7)14/h1-5,9H,12H2,(H,13,14)(H,15,16). The molecule has 1 unspecified atom stereocenters. The van der Waals surface area contributed by atoms with Gasteiger partial charge in [0, 0.05) is 22.7 Å². The smallest absolute Gasteiger partial charge is 0.325 e. The summed E-state index contributed by atoms with van der Waals surface area (Å²) in [7, 11) is 0. The highest BCUT2D eigenvalue weighted by atomic mass is 16.4. The molecule has 0 bridgehead atoms. The normalized spacial score (nSPS) is 12.6. The van der Waals surface area contributed by atoms with Gasteiger partial charge in [0.25, 0.3) is 0 Å². The minimum atomic E-state index is -1.30. The number of para-hydroxylation sites is 1. The Hall–Kier alpha value is -2.14. The first-order chi connectivity index (χ1) is 7.61. The number of hydrogen-bond acceptors (Lipinski definition) is 3. The van der Waals surface area contributed by atoms with Crippen molar-refractivity contribution < 1.29 is 9.90 Å². The Labute approximate surface area is 90.5 Å². The van der Waals surface area contributed by atoms with Crippen LogP contribution in [0.2, 0.25) is 0 Å². The molecule has 16 heavy (non-hydrogen) atoms. The maximum absolute atomic E-state index is 11.9. The van der Waals surface area contributed by atoms with E-state index in [0.29, 0.717) is 10.9 Å². The molecule has 1 atom stereocenters. The molecule has 2 aromatic rings. The fraction of sp³-hybridized carbons (Fsp3) is 0.0909. The van der Waals surface area contributed by atoms with Crippen molar-refractivity contribution in [3.63, 3.8) is 0 Å². The molecule has 0 aliphatic rings. The largest absolute Gasteiger partial charge is 0.480 e. The van der Waals surface area contributed by atoms with Gasteiger partial charge in [-0.2, -0.15) is 0 Å². The topological polar surface area (TPSA) is 96.2 Å². The maximum Gasteiger partial charge on any atom is 0.325 e. The quantitative estimate of drug-likeness (QED) is 0.688. The molecule has 0 fully saturated rings. The molecule has 1 heterocycles. The number of aromatic amines is 1. The number of aromatic nitrogens is 1. The summed E-state index contributed by atoms with van der Waals surface area (Å²) in [6, 6.07) is 5.58. The molecule has 1 aromatic carbocycles. The molecule has 82 valence electrons. The van der Waals surface area contributed by atoms with Crippen LogP contribution in [0.5, 0.6) is 0 Å². The van der Waals surface area contributed by atoms with Crippen LogP contribution in [-0.4, -0.2) is 16.1 Å². The molecule has 0 saturated heterocycles. The minimum absolute atomic E-state index is 0.0613. The number of hydrogen-bond donors (Lipinski definition) is 3. The second-order valence-corrected chi connectivity index (χ2v) is 3.43. The Balaban J connectivity index is 2.70. The number of fused-ring (bicyclic) bond motifs is 1. The molecule has 0 spiro atoms. The maximum atomic E-state index is 11.9. The summed E-state index contributed by atoms with van der Waals surface area (Å²) in [5.74, 6) is -1.22. The van der Waals surface area contributed by atoms with E-state index in [2.05, 4.69) is 4.98 Å². The zero-order valence-corrected chi connectivity index (χ0v) is 8.31. The van der Waals surface area contributed by atoms with E-state index in [1.165, 1.54) is 6.20 Å². The van der Waals surface area contributed by atoms with Gasteiger partial charge in [-0.05, 0) is 12.1 Å². The third-order valence-corrected chi connectivity index (χ3v) is 2.42. The minimum Gasteiger partial charge on any atom is -0.480 e. The summed E-state index contributed by atoms with van der Waals surface area (Å²) in [5.41, 5.74) is 5.79. The third-order valence-electron chi connectivity index (χ3n) is 2.42. The number of aliphatic carboxylic acids is 1. The molecule has 4 N–H and O–H groups in total. The van der Waals surface area contributed by atoms with Crippen molar-refractivity contribution in [3.05, 3.63) is 46.2 Å². The first-order valence-corrected chi connectivity index (χ1v) is 4.70. The fourth-order valence-corrected chi connectivity index (χ4v) is 1.55. The number of carboxylic acids is 1. The fourth-order valence-electron chi connectivity index (χ4n) is 1.55. The number of H-pyrrole nitrogens is 1. The predicted molar refractivity (Wildman–Crippen MR) is 59.1 cm³/mol. The van der Waals surface area contributed by atoms with E-state index in [9.17, 15) is 9.59 Å². The van der Waals surface area contributed by atoms with E-state index in [-0.39, 0.29) is 11.0 Å². The summed E-state index contributed by atoms with van der Waals surface area (Å²) in [5, 5.41) is 9.20. The number of benzene rings is 1. The van der Waals surface area contributed by atoms with Crippen molar-refractivity contribution in [2.45, 2.75) is 6.04 Å².